The molecule has 1 heterocycles. The lowest BCUT2D eigenvalue weighted by Gasteiger charge is -2.10. The number of aliphatic hydroxyl groups is 1. The van der Waals surface area contributed by atoms with Gasteiger partial charge in [-0.2, -0.15) is 5.26 Å². The number of hydrogen-bond acceptors (Lipinski definition) is 6. The lowest BCUT2D eigenvalue weighted by Crippen LogP contribution is -2.11. The van der Waals surface area contributed by atoms with Crippen LogP contribution in [0.5, 0.6) is 0 Å². The quantitative estimate of drug-likeness (QED) is 0.621. The van der Waals surface area contributed by atoms with Gasteiger partial charge in [0.05, 0.1) is 11.7 Å². The fourth-order valence-electron chi connectivity index (χ4n) is 1.70. The number of nitrogens with zero attached hydrogens (tertiary/aromatic N) is 2. The summed E-state index contributed by atoms with van der Waals surface area (Å²) in [4.78, 5) is 4.13. The number of nitrogens with one attached hydrogen (secondary N) is 1. The van der Waals surface area contributed by atoms with E-state index in [0.29, 0.717) is 43.4 Å². The molecule has 0 aliphatic carbocycles. The van der Waals surface area contributed by atoms with Gasteiger partial charge in [-0.3, -0.25) is 0 Å². The first kappa shape index (κ1) is 16.2. The summed E-state index contributed by atoms with van der Waals surface area (Å²) < 4.78 is 5.38. The molecule has 1 aromatic rings. The molecule has 0 saturated carbocycles. The van der Waals surface area contributed by atoms with Crippen LogP contribution in [0.3, 0.4) is 0 Å². The summed E-state index contributed by atoms with van der Waals surface area (Å²) in [6, 6.07) is 3.81. The van der Waals surface area contributed by atoms with Crippen molar-refractivity contribution in [2.75, 3.05) is 30.8 Å². The smallest absolute Gasteiger partial charge is 0.146 e. The van der Waals surface area contributed by atoms with Crippen molar-refractivity contribution >= 4 is 11.6 Å². The van der Waals surface area contributed by atoms with Crippen LogP contribution in [0.4, 0.5) is 11.6 Å². The fraction of sp³-hybridized carbons (Fsp3) is 0.571. The maximum atomic E-state index is 9.10. The molecular weight excluding hydrogens is 256 g/mol. The van der Waals surface area contributed by atoms with Gasteiger partial charge in [-0.15, -0.1) is 0 Å². The van der Waals surface area contributed by atoms with E-state index in [1.54, 1.807) is 13.0 Å². The molecule has 0 radical (unpaired) electrons. The minimum atomic E-state index is -0.328. The van der Waals surface area contributed by atoms with Crippen molar-refractivity contribution in [1.29, 1.82) is 5.26 Å². The van der Waals surface area contributed by atoms with Crippen molar-refractivity contribution in [2.24, 2.45) is 0 Å². The van der Waals surface area contributed by atoms with E-state index in [-0.39, 0.29) is 6.10 Å². The van der Waals surface area contributed by atoms with Gasteiger partial charge >= 0.3 is 0 Å². The van der Waals surface area contributed by atoms with Crippen LogP contribution < -0.4 is 11.1 Å². The summed E-state index contributed by atoms with van der Waals surface area (Å²) in [5.74, 6) is 0.922. The van der Waals surface area contributed by atoms with Crippen LogP contribution in [-0.4, -0.2) is 36.0 Å². The van der Waals surface area contributed by atoms with Gasteiger partial charge in [0.25, 0.3) is 0 Å². The van der Waals surface area contributed by atoms with Crippen molar-refractivity contribution < 1.29 is 9.84 Å². The predicted molar refractivity (Wildman–Crippen MR) is 78.3 cm³/mol. The Balaban J connectivity index is 2.34. The summed E-state index contributed by atoms with van der Waals surface area (Å²) in [6.45, 7) is 5.38. The monoisotopic (exact) mass is 278 g/mol. The number of nitrogen functional groups attached to an aromatic ring is 1. The molecule has 1 rings (SSSR count). The Hall–Kier alpha value is -1.84. The average Bonchev–Trinajstić information content (AvgIpc) is 2.36. The highest BCUT2D eigenvalue weighted by Gasteiger charge is 2.07. The third-order valence-corrected chi connectivity index (χ3v) is 2.79. The molecule has 0 bridgehead atoms. The van der Waals surface area contributed by atoms with Gasteiger partial charge in [0.15, 0.2) is 0 Å². The number of aromatic nitrogens is 1. The molecule has 0 fully saturated rings. The molecule has 6 nitrogen and oxygen atoms in total. The van der Waals surface area contributed by atoms with Crippen LogP contribution >= 0.6 is 0 Å². The number of hydrogen-bond donors (Lipinski definition) is 3. The van der Waals surface area contributed by atoms with E-state index in [9.17, 15) is 0 Å². The second kappa shape index (κ2) is 8.35. The number of anilines is 2. The van der Waals surface area contributed by atoms with Crippen molar-refractivity contribution in [3.8, 4) is 6.07 Å². The Morgan fingerprint density at radius 2 is 2.30 bits per heavy atom. The molecule has 0 aromatic carbocycles. The Labute approximate surface area is 119 Å². The zero-order valence-electron chi connectivity index (χ0n) is 12.0. The van der Waals surface area contributed by atoms with Crippen molar-refractivity contribution in [3.05, 3.63) is 17.2 Å². The first-order valence-electron chi connectivity index (χ1n) is 6.71. The van der Waals surface area contributed by atoms with Gasteiger partial charge in [-0.1, -0.05) is 0 Å². The van der Waals surface area contributed by atoms with Gasteiger partial charge < -0.3 is 20.9 Å². The highest BCUT2D eigenvalue weighted by atomic mass is 16.5. The first-order chi connectivity index (χ1) is 9.54. The van der Waals surface area contributed by atoms with Crippen LogP contribution in [0, 0.1) is 18.3 Å². The molecule has 0 aliphatic heterocycles. The number of nitriles is 1. The number of ether oxygens (including phenoxy) is 1. The minimum absolute atomic E-state index is 0.328. The Morgan fingerprint density at radius 3 is 2.95 bits per heavy atom. The van der Waals surface area contributed by atoms with Crippen LogP contribution in [-0.2, 0) is 4.74 Å². The van der Waals surface area contributed by atoms with E-state index in [1.807, 2.05) is 6.92 Å². The number of aryl methyl sites for hydroxylation is 1. The van der Waals surface area contributed by atoms with Gasteiger partial charge in [0.2, 0.25) is 0 Å². The van der Waals surface area contributed by atoms with E-state index < -0.39 is 0 Å². The van der Waals surface area contributed by atoms with Crippen LogP contribution in [0.15, 0.2) is 6.07 Å². The normalized spacial score (nSPS) is 11.9. The van der Waals surface area contributed by atoms with Crippen LogP contribution in [0.25, 0.3) is 0 Å². The highest BCUT2D eigenvalue weighted by molar-refractivity contribution is 5.59. The van der Waals surface area contributed by atoms with Gasteiger partial charge in [-0.05, 0) is 38.3 Å². The van der Waals surface area contributed by atoms with Gasteiger partial charge in [0, 0.05) is 19.8 Å². The summed E-state index contributed by atoms with van der Waals surface area (Å²) in [6.07, 6.45) is 1.10. The summed E-state index contributed by atoms with van der Waals surface area (Å²) in [5, 5.41) is 21.3. The Bertz CT molecular complexity index is 469. The van der Waals surface area contributed by atoms with Crippen molar-refractivity contribution in [1.82, 2.24) is 4.98 Å². The zero-order valence-corrected chi connectivity index (χ0v) is 12.0. The average molecular weight is 278 g/mol. The van der Waals surface area contributed by atoms with E-state index in [1.165, 1.54) is 0 Å². The molecule has 0 saturated heterocycles. The largest absolute Gasteiger partial charge is 0.393 e. The Kier molecular flexibility index (Phi) is 6.77. The molecular formula is C14H22N4O2. The van der Waals surface area contributed by atoms with Gasteiger partial charge in [-0.25, -0.2) is 4.98 Å². The summed E-state index contributed by atoms with van der Waals surface area (Å²) in [5.41, 5.74) is 7.01. The maximum Gasteiger partial charge on any atom is 0.146 e. The van der Waals surface area contributed by atoms with E-state index in [2.05, 4.69) is 16.4 Å². The number of nitrogens with two attached hydrogens (primary N) is 1. The maximum absolute atomic E-state index is 9.10. The zero-order chi connectivity index (χ0) is 15.0. The Morgan fingerprint density at radius 1 is 1.55 bits per heavy atom. The van der Waals surface area contributed by atoms with E-state index >= 15 is 0 Å². The molecule has 110 valence electrons. The fourth-order valence-corrected chi connectivity index (χ4v) is 1.70. The number of rotatable bonds is 8. The van der Waals surface area contributed by atoms with Crippen LogP contribution in [0.2, 0.25) is 0 Å². The standard InChI is InChI=1S/C14H22N4O2/c1-10-8-13(16)18-14(12(10)9-15)17-5-3-6-20-7-4-11(2)19/h8,11,19H,3-7H2,1-2H3,(H3,16,17,18). The van der Waals surface area contributed by atoms with E-state index in [0.717, 1.165) is 12.0 Å². The second-order valence-electron chi connectivity index (χ2n) is 4.73. The second-order valence-corrected chi connectivity index (χ2v) is 4.73. The molecule has 6 heteroatoms. The molecule has 20 heavy (non-hydrogen) atoms. The summed E-state index contributed by atoms with van der Waals surface area (Å²) >= 11 is 0. The predicted octanol–water partition coefficient (Wildman–Crippen LogP) is 1.43. The molecule has 0 amide bonds. The third kappa shape index (κ3) is 5.43. The molecule has 0 aliphatic rings. The number of pyridine rings is 1. The number of aliphatic hydroxyl groups excluding tert-OH is 1. The molecule has 0 spiro atoms. The highest BCUT2D eigenvalue weighted by Crippen LogP contribution is 2.18. The van der Waals surface area contributed by atoms with Crippen molar-refractivity contribution in [2.45, 2.75) is 32.8 Å². The molecule has 1 atom stereocenters. The minimum Gasteiger partial charge on any atom is -0.393 e. The topological polar surface area (TPSA) is 104 Å². The molecule has 1 aromatic heterocycles. The van der Waals surface area contributed by atoms with Crippen molar-refractivity contribution in [3.63, 3.8) is 0 Å². The molecule has 4 N–H and O–H groups in total. The molecule has 1 unspecified atom stereocenters. The SMILES string of the molecule is Cc1cc(N)nc(NCCCOCCC(C)O)c1C#N. The lowest BCUT2D eigenvalue weighted by molar-refractivity contribution is 0.0892. The third-order valence-electron chi connectivity index (χ3n) is 2.79. The van der Waals surface area contributed by atoms with E-state index in [4.69, 9.17) is 20.8 Å². The van der Waals surface area contributed by atoms with Crippen LogP contribution in [0.1, 0.15) is 30.9 Å². The lowest BCUT2D eigenvalue weighted by atomic mass is 10.1. The summed E-state index contributed by atoms with van der Waals surface area (Å²) in [7, 11) is 0. The van der Waals surface area contributed by atoms with Gasteiger partial charge in [0.1, 0.15) is 17.7 Å². The first-order valence-corrected chi connectivity index (χ1v) is 6.71.